The Hall–Kier alpha value is -4.02. The van der Waals surface area contributed by atoms with Crippen molar-refractivity contribution in [1.82, 2.24) is 4.90 Å². The Bertz CT molecular complexity index is 1310. The van der Waals surface area contributed by atoms with Gasteiger partial charge in [-0.15, -0.1) is 0 Å². The number of benzene rings is 3. The number of ether oxygens (including phenoxy) is 4. The maximum absolute atomic E-state index is 14.4. The molecule has 0 radical (unpaired) electrons. The lowest BCUT2D eigenvalue weighted by Gasteiger charge is -2.34. The van der Waals surface area contributed by atoms with Crippen molar-refractivity contribution in [2.45, 2.75) is 37.9 Å². The predicted molar refractivity (Wildman–Crippen MR) is 147 cm³/mol. The van der Waals surface area contributed by atoms with Crippen LogP contribution in [0.15, 0.2) is 72.8 Å². The molecule has 0 saturated carbocycles. The quantitative estimate of drug-likeness (QED) is 0.331. The lowest BCUT2D eigenvalue weighted by molar-refractivity contribution is -0.141. The number of phenolic OH excluding ortho intramolecular Hbond substituents is 1. The van der Waals surface area contributed by atoms with Crippen LogP contribution in [0, 0.1) is 0 Å². The molecular weight excluding hydrogens is 518 g/mol. The van der Waals surface area contributed by atoms with Gasteiger partial charge in [-0.3, -0.25) is 4.79 Å². The van der Waals surface area contributed by atoms with Crippen LogP contribution in [-0.2, 0) is 14.0 Å². The highest BCUT2D eigenvalue weighted by molar-refractivity contribution is 6.69. The summed E-state index contributed by atoms with van der Waals surface area (Å²) in [6.45, 7) is 5.97. The summed E-state index contributed by atoms with van der Waals surface area (Å²) < 4.78 is 29.1. The Morgan fingerprint density at radius 2 is 1.59 bits per heavy atom. The molecule has 1 heterocycles. The van der Waals surface area contributed by atoms with Crippen molar-refractivity contribution < 1.29 is 38.1 Å². The summed E-state index contributed by atoms with van der Waals surface area (Å²) in [6, 6.07) is 20.2. The number of methoxy groups -OCH3 is 2. The second kappa shape index (κ2) is 11.8. The molecule has 206 valence electrons. The molecule has 1 saturated heterocycles. The Labute approximate surface area is 229 Å². The third-order valence-electron chi connectivity index (χ3n) is 6.15. The summed E-state index contributed by atoms with van der Waals surface area (Å²) in [6.07, 6.45) is -3.05. The number of cyclic esters (lactones) is 1. The van der Waals surface area contributed by atoms with Crippen LogP contribution in [0.25, 0.3) is 0 Å². The van der Waals surface area contributed by atoms with Gasteiger partial charge in [-0.1, -0.05) is 48.5 Å². The number of hydrogen-bond acceptors (Lipinski definition) is 8. The van der Waals surface area contributed by atoms with E-state index in [0.717, 1.165) is 10.5 Å². The molecular formula is C29H33NO8Si. The van der Waals surface area contributed by atoms with Crippen molar-refractivity contribution in [2.24, 2.45) is 0 Å². The molecule has 2 amide bonds. The number of aromatic hydroxyl groups is 1. The van der Waals surface area contributed by atoms with Crippen molar-refractivity contribution in [3.63, 3.8) is 0 Å². The second-order valence-corrected chi connectivity index (χ2v) is 14.4. The number of nitrogens with zero attached hydrogens (tertiary/aromatic N) is 1. The van der Waals surface area contributed by atoms with E-state index in [2.05, 4.69) is 0 Å². The Balaban J connectivity index is 1.85. The number of amides is 2. The molecule has 3 atom stereocenters. The molecule has 3 aromatic rings. The summed E-state index contributed by atoms with van der Waals surface area (Å²) in [5.74, 6) is 0.232. The van der Waals surface area contributed by atoms with Crippen LogP contribution in [0.3, 0.4) is 0 Å². The van der Waals surface area contributed by atoms with Gasteiger partial charge in [-0.25, -0.2) is 9.69 Å². The van der Waals surface area contributed by atoms with Crippen molar-refractivity contribution in [3.05, 3.63) is 83.9 Å². The fourth-order valence-electron chi connectivity index (χ4n) is 4.37. The van der Waals surface area contributed by atoms with Gasteiger partial charge < -0.3 is 28.5 Å². The standard InChI is InChI=1S/C29H33NO8Si/c1-34-23-13-9-10-14-24(23)37-27(26(38-39(3,4)5)20-15-16-22(31)25(17-20)35-2)28(32)30-21(18-36-29(30)33)19-11-7-6-8-12-19/h6-17,21,26-27,31H,18H2,1-5H3/t21-,26-,27-/m1/s1. The Morgan fingerprint density at radius 1 is 0.949 bits per heavy atom. The van der Waals surface area contributed by atoms with Crippen molar-refractivity contribution in [2.75, 3.05) is 20.8 Å². The van der Waals surface area contributed by atoms with E-state index in [1.54, 1.807) is 36.4 Å². The second-order valence-electron chi connectivity index (χ2n) is 9.98. The molecule has 9 nitrogen and oxygen atoms in total. The van der Waals surface area contributed by atoms with Gasteiger partial charge in [0.05, 0.1) is 14.2 Å². The van der Waals surface area contributed by atoms with Crippen LogP contribution in [0.4, 0.5) is 4.79 Å². The van der Waals surface area contributed by atoms with E-state index in [1.165, 1.54) is 20.3 Å². The highest BCUT2D eigenvalue weighted by atomic mass is 28.4. The van der Waals surface area contributed by atoms with Crippen LogP contribution >= 0.6 is 0 Å². The first-order chi connectivity index (χ1) is 18.6. The topological polar surface area (TPSA) is 104 Å². The van der Waals surface area contributed by atoms with Crippen LogP contribution in [0.5, 0.6) is 23.0 Å². The maximum Gasteiger partial charge on any atom is 0.417 e. The first-order valence-corrected chi connectivity index (χ1v) is 15.9. The zero-order valence-corrected chi connectivity index (χ0v) is 23.6. The van der Waals surface area contributed by atoms with E-state index in [9.17, 15) is 14.7 Å². The van der Waals surface area contributed by atoms with Gasteiger partial charge >= 0.3 is 6.09 Å². The number of carbonyl (C=O) groups is 2. The molecule has 1 fully saturated rings. The highest BCUT2D eigenvalue weighted by Crippen LogP contribution is 2.39. The van der Waals surface area contributed by atoms with Gasteiger partial charge in [0.25, 0.3) is 5.91 Å². The number of hydrogen-bond donors (Lipinski definition) is 1. The molecule has 0 unspecified atom stereocenters. The predicted octanol–water partition coefficient (Wildman–Crippen LogP) is 5.47. The first-order valence-electron chi connectivity index (χ1n) is 12.5. The van der Waals surface area contributed by atoms with E-state index < -0.39 is 38.6 Å². The van der Waals surface area contributed by atoms with E-state index in [4.69, 9.17) is 23.4 Å². The van der Waals surface area contributed by atoms with Crippen molar-refractivity contribution in [1.29, 1.82) is 0 Å². The molecule has 3 aromatic carbocycles. The van der Waals surface area contributed by atoms with Gasteiger partial charge in [-0.2, -0.15) is 0 Å². The monoisotopic (exact) mass is 551 g/mol. The number of para-hydroxylation sites is 2. The molecule has 4 rings (SSSR count). The minimum Gasteiger partial charge on any atom is -0.504 e. The van der Waals surface area contributed by atoms with Crippen LogP contribution in [0.1, 0.15) is 23.3 Å². The van der Waals surface area contributed by atoms with Crippen molar-refractivity contribution in [3.8, 4) is 23.0 Å². The smallest absolute Gasteiger partial charge is 0.417 e. The van der Waals surface area contributed by atoms with Crippen LogP contribution in [0.2, 0.25) is 19.6 Å². The van der Waals surface area contributed by atoms with Gasteiger partial charge in [0.1, 0.15) is 18.8 Å². The molecule has 1 N–H and O–H groups in total. The molecule has 0 bridgehead atoms. The molecule has 10 heteroatoms. The molecule has 0 aliphatic carbocycles. The summed E-state index contributed by atoms with van der Waals surface area (Å²) in [5, 5.41) is 10.2. The maximum atomic E-state index is 14.4. The Kier molecular flexibility index (Phi) is 8.47. The number of imide groups is 1. The van der Waals surface area contributed by atoms with Gasteiger partial charge in [0.2, 0.25) is 6.10 Å². The third kappa shape index (κ3) is 6.35. The molecule has 1 aliphatic rings. The average Bonchev–Trinajstić information content (AvgIpc) is 3.32. The van der Waals surface area contributed by atoms with Crippen molar-refractivity contribution >= 4 is 20.3 Å². The largest absolute Gasteiger partial charge is 0.504 e. The summed E-state index contributed by atoms with van der Waals surface area (Å²) in [4.78, 5) is 28.5. The summed E-state index contributed by atoms with van der Waals surface area (Å²) in [7, 11) is 0.609. The number of rotatable bonds is 10. The summed E-state index contributed by atoms with van der Waals surface area (Å²) in [5.41, 5.74) is 1.28. The number of carbonyl (C=O) groups excluding carboxylic acids is 2. The summed E-state index contributed by atoms with van der Waals surface area (Å²) >= 11 is 0. The van der Waals surface area contributed by atoms with Crippen LogP contribution in [-0.4, -0.2) is 57.3 Å². The zero-order valence-electron chi connectivity index (χ0n) is 22.6. The number of phenols is 1. The van der Waals surface area contributed by atoms with E-state index in [0.29, 0.717) is 17.1 Å². The molecule has 0 spiro atoms. The molecule has 1 aliphatic heterocycles. The van der Waals surface area contributed by atoms with Gasteiger partial charge in [0.15, 0.2) is 31.3 Å². The lowest BCUT2D eigenvalue weighted by atomic mass is 10.0. The lowest BCUT2D eigenvalue weighted by Crippen LogP contribution is -2.48. The average molecular weight is 552 g/mol. The molecule has 39 heavy (non-hydrogen) atoms. The third-order valence-corrected chi connectivity index (χ3v) is 7.11. The van der Waals surface area contributed by atoms with E-state index >= 15 is 0 Å². The fraction of sp³-hybridized carbons (Fsp3) is 0.310. The first kappa shape index (κ1) is 28.0. The molecule has 0 aromatic heterocycles. The fourth-order valence-corrected chi connectivity index (χ4v) is 5.40. The Morgan fingerprint density at radius 3 is 2.23 bits per heavy atom. The van der Waals surface area contributed by atoms with E-state index in [1.807, 2.05) is 50.0 Å². The minimum atomic E-state index is -2.33. The van der Waals surface area contributed by atoms with Crippen LogP contribution < -0.4 is 14.2 Å². The highest BCUT2D eigenvalue weighted by Gasteiger charge is 2.47. The normalized spacial score (nSPS) is 16.8. The van der Waals surface area contributed by atoms with Gasteiger partial charge in [-0.05, 0) is 55.0 Å². The zero-order chi connectivity index (χ0) is 28.2. The van der Waals surface area contributed by atoms with E-state index in [-0.39, 0.29) is 18.1 Å². The minimum absolute atomic E-state index is 0.0164. The SMILES string of the molecule is COc1cc([C@@H](O[Si](C)(C)C)[C@@H](Oc2ccccc2OC)C(=O)N2C(=O)OC[C@@H]2c2ccccc2)ccc1O. The van der Waals surface area contributed by atoms with Gasteiger partial charge in [0, 0.05) is 0 Å².